The molecule has 12 nitrogen and oxygen atoms in total. The summed E-state index contributed by atoms with van der Waals surface area (Å²) in [6.07, 6.45) is 40.7. The van der Waals surface area contributed by atoms with E-state index < -0.39 is 71.2 Å². The Bertz CT molecular complexity index is 1460. The zero-order valence-electron chi connectivity index (χ0n) is 37.7. The van der Waals surface area contributed by atoms with Crippen LogP contribution in [0.2, 0.25) is 0 Å². The molecule has 2 unspecified atom stereocenters. The fraction of sp³-hybridized carbons (Fsp3) is 0.673. The summed E-state index contributed by atoms with van der Waals surface area (Å²) in [6, 6.07) is 0. The van der Waals surface area contributed by atoms with E-state index in [0.29, 0.717) is 25.7 Å². The molecule has 0 spiro atoms. The van der Waals surface area contributed by atoms with Crippen LogP contribution in [0.3, 0.4) is 0 Å². The number of esters is 2. The lowest BCUT2D eigenvalue weighted by atomic mass is 10.00. The topological polar surface area (TPSA) is 186 Å². The summed E-state index contributed by atoms with van der Waals surface area (Å²) in [6.45, 7) is 3.55. The van der Waals surface area contributed by atoms with Crippen molar-refractivity contribution in [1.82, 2.24) is 0 Å². The van der Waals surface area contributed by atoms with Crippen LogP contribution < -0.4 is 0 Å². The van der Waals surface area contributed by atoms with Gasteiger partial charge in [0.2, 0.25) is 0 Å². The first kappa shape index (κ1) is 56.8. The summed E-state index contributed by atoms with van der Waals surface area (Å²) in [5, 5.41) is 30.9. The van der Waals surface area contributed by atoms with Crippen LogP contribution in [0.15, 0.2) is 85.1 Å². The first-order valence-corrected chi connectivity index (χ1v) is 24.8. The van der Waals surface area contributed by atoms with Gasteiger partial charge in [-0.3, -0.25) is 14.1 Å². The minimum absolute atomic E-state index is 0.0837. The van der Waals surface area contributed by atoms with Crippen molar-refractivity contribution in [3.8, 4) is 0 Å². The molecular weight excluding hydrogens is 813 g/mol. The Morgan fingerprint density at radius 3 is 1.52 bits per heavy atom. The molecule has 1 saturated heterocycles. The number of allylic oxidation sites excluding steroid dienone is 14. The van der Waals surface area contributed by atoms with Gasteiger partial charge in [0.05, 0.1) is 6.61 Å². The lowest BCUT2D eigenvalue weighted by molar-refractivity contribution is -0.297. The quantitative estimate of drug-likeness (QED) is 0.0201. The number of carbonyl (C=O) groups excluding carboxylic acids is 2. The molecule has 0 bridgehead atoms. The molecule has 62 heavy (non-hydrogen) atoms. The maximum Gasteiger partial charge on any atom is 0.306 e. The first-order chi connectivity index (χ1) is 30.0. The van der Waals surface area contributed by atoms with Crippen molar-refractivity contribution >= 4 is 22.1 Å². The van der Waals surface area contributed by atoms with E-state index in [1.807, 2.05) is 18.2 Å². The smallest absolute Gasteiger partial charge is 0.306 e. The Morgan fingerprint density at radius 2 is 1.02 bits per heavy atom. The van der Waals surface area contributed by atoms with Crippen molar-refractivity contribution in [2.24, 2.45) is 0 Å². The number of aliphatic hydroxyl groups is 3. The van der Waals surface area contributed by atoms with E-state index in [0.717, 1.165) is 44.9 Å². The molecule has 0 aromatic rings. The van der Waals surface area contributed by atoms with Gasteiger partial charge in [-0.1, -0.05) is 150 Å². The summed E-state index contributed by atoms with van der Waals surface area (Å²) in [5.41, 5.74) is 0. The van der Waals surface area contributed by atoms with E-state index in [1.54, 1.807) is 0 Å². The monoisotopic (exact) mass is 893 g/mol. The molecule has 1 fully saturated rings. The number of aliphatic hydroxyl groups excluding tert-OH is 3. The lowest BCUT2D eigenvalue weighted by Gasteiger charge is -2.40. The van der Waals surface area contributed by atoms with Gasteiger partial charge < -0.3 is 34.3 Å². The molecule has 6 atom stereocenters. The van der Waals surface area contributed by atoms with Gasteiger partial charge in [0, 0.05) is 12.8 Å². The summed E-state index contributed by atoms with van der Waals surface area (Å²) >= 11 is 0. The van der Waals surface area contributed by atoms with Crippen LogP contribution >= 0.6 is 0 Å². The Morgan fingerprint density at radius 1 is 0.565 bits per heavy atom. The highest BCUT2D eigenvalue weighted by Crippen LogP contribution is 2.24. The van der Waals surface area contributed by atoms with E-state index in [9.17, 15) is 37.9 Å². The maximum atomic E-state index is 12.8. The van der Waals surface area contributed by atoms with Crippen molar-refractivity contribution in [3.63, 3.8) is 0 Å². The van der Waals surface area contributed by atoms with Crippen molar-refractivity contribution in [3.05, 3.63) is 85.1 Å². The molecule has 0 amide bonds. The van der Waals surface area contributed by atoms with E-state index >= 15 is 0 Å². The predicted molar refractivity (Wildman–Crippen MR) is 247 cm³/mol. The van der Waals surface area contributed by atoms with Gasteiger partial charge >= 0.3 is 11.9 Å². The van der Waals surface area contributed by atoms with E-state index in [4.69, 9.17) is 18.9 Å². The van der Waals surface area contributed by atoms with Crippen molar-refractivity contribution in [1.29, 1.82) is 0 Å². The lowest BCUT2D eigenvalue weighted by Crippen LogP contribution is -2.60. The highest BCUT2D eigenvalue weighted by molar-refractivity contribution is 7.85. The van der Waals surface area contributed by atoms with Crippen LogP contribution in [0.1, 0.15) is 155 Å². The molecule has 0 saturated carbocycles. The van der Waals surface area contributed by atoms with Gasteiger partial charge in [-0.05, 0) is 77.0 Å². The van der Waals surface area contributed by atoms with Crippen LogP contribution in [-0.4, -0.2) is 96.0 Å². The molecule has 0 aromatic carbocycles. The minimum atomic E-state index is -4.62. The molecule has 0 radical (unpaired) electrons. The van der Waals surface area contributed by atoms with Gasteiger partial charge in [-0.25, -0.2) is 0 Å². The molecular formula is C49H80O12S. The Balaban J connectivity index is 2.52. The zero-order chi connectivity index (χ0) is 45.5. The fourth-order valence-corrected chi connectivity index (χ4v) is 7.09. The first-order valence-electron chi connectivity index (χ1n) is 23.1. The summed E-state index contributed by atoms with van der Waals surface area (Å²) < 4.78 is 54.0. The van der Waals surface area contributed by atoms with E-state index in [1.165, 1.54) is 57.8 Å². The third-order valence-corrected chi connectivity index (χ3v) is 10.7. The normalized spacial score (nSPS) is 20.6. The van der Waals surface area contributed by atoms with Gasteiger partial charge in [-0.15, -0.1) is 0 Å². The SMILES string of the molecule is CC/C=C/C/C=C/C/C=C/C/C=C/C/C=C/CCCC(=O)OC[C@H](CO[C@H]1O[C@H](CS(=O)(=O)O)[C@@H](O)C(O)C1O)OC(=O)CCC/C=C/C/C=C/CCCCCCCCCCC. The number of carbonyl (C=O) groups is 2. The molecule has 4 N–H and O–H groups in total. The maximum absolute atomic E-state index is 12.8. The number of ether oxygens (including phenoxy) is 4. The van der Waals surface area contributed by atoms with Crippen LogP contribution in [0.5, 0.6) is 0 Å². The predicted octanol–water partition coefficient (Wildman–Crippen LogP) is 9.67. The third-order valence-electron chi connectivity index (χ3n) is 9.96. The molecule has 0 aliphatic carbocycles. The van der Waals surface area contributed by atoms with Crippen LogP contribution in [0.4, 0.5) is 0 Å². The van der Waals surface area contributed by atoms with Crippen molar-refractivity contribution in [2.75, 3.05) is 19.0 Å². The Labute approximate surface area is 373 Å². The van der Waals surface area contributed by atoms with Gasteiger partial charge in [0.25, 0.3) is 10.1 Å². The average molecular weight is 893 g/mol. The Hall–Kier alpha value is -3.17. The average Bonchev–Trinajstić information content (AvgIpc) is 3.24. The van der Waals surface area contributed by atoms with E-state index in [-0.39, 0.29) is 19.4 Å². The van der Waals surface area contributed by atoms with Crippen LogP contribution in [0, 0.1) is 0 Å². The highest BCUT2D eigenvalue weighted by Gasteiger charge is 2.46. The molecule has 1 aliphatic rings. The second-order valence-corrected chi connectivity index (χ2v) is 17.2. The second-order valence-electron chi connectivity index (χ2n) is 15.7. The summed E-state index contributed by atoms with van der Waals surface area (Å²) in [7, 11) is -4.62. The molecule has 354 valence electrons. The number of rotatable bonds is 37. The van der Waals surface area contributed by atoms with Gasteiger partial charge in [-0.2, -0.15) is 8.42 Å². The number of hydrogen-bond donors (Lipinski definition) is 4. The summed E-state index contributed by atoms with van der Waals surface area (Å²) in [5.74, 6) is -2.13. The second kappa shape index (κ2) is 38.3. The van der Waals surface area contributed by atoms with Crippen LogP contribution in [-0.2, 0) is 38.7 Å². The molecule has 0 aromatic heterocycles. The zero-order valence-corrected chi connectivity index (χ0v) is 38.5. The third kappa shape index (κ3) is 32.5. The Kier molecular flexibility index (Phi) is 35.1. The van der Waals surface area contributed by atoms with Crippen LogP contribution in [0.25, 0.3) is 0 Å². The molecule has 13 heteroatoms. The summed E-state index contributed by atoms with van der Waals surface area (Å²) in [4.78, 5) is 25.4. The van der Waals surface area contributed by atoms with Gasteiger partial charge in [0.15, 0.2) is 12.4 Å². The van der Waals surface area contributed by atoms with Crippen molar-refractivity contribution < 1.29 is 56.8 Å². The fourth-order valence-electron chi connectivity index (χ4n) is 6.40. The van der Waals surface area contributed by atoms with E-state index in [2.05, 4.69) is 80.7 Å². The largest absolute Gasteiger partial charge is 0.462 e. The molecule has 1 rings (SSSR count). The van der Waals surface area contributed by atoms with Gasteiger partial charge in [0.1, 0.15) is 36.8 Å². The number of unbranched alkanes of at least 4 members (excludes halogenated alkanes) is 11. The minimum Gasteiger partial charge on any atom is -0.462 e. The molecule has 1 heterocycles. The number of hydrogen-bond acceptors (Lipinski definition) is 11. The highest BCUT2D eigenvalue weighted by atomic mass is 32.2. The standard InChI is InChI=1S/C49H80O12S/c1-3-5-7-9-11-13-15-17-19-21-23-25-27-29-31-33-35-37-44(50)58-39-42(40-59-49-48(54)47(53)46(52)43(61-49)41-62(55,56)57)60-45(51)38-36-34-32-30-28-26-24-22-20-18-16-14-12-10-8-6-4-2/h5,7,11,13,17,19,23-26,29-32,42-43,46-49,52-54H,3-4,6,8-10,12,14-16,18,20-22,27-28,33-41H2,1-2H3,(H,55,56,57)/b7-5+,13-11+,19-17+,25-23+,26-24+,31-29+,32-30+/t42-,43-,46-,47?,48?,49+/m1/s1. The molecule has 1 aliphatic heterocycles. The van der Waals surface area contributed by atoms with Crippen molar-refractivity contribution in [2.45, 2.75) is 192 Å².